The van der Waals surface area contributed by atoms with Gasteiger partial charge in [0.1, 0.15) is 11.2 Å². The topological polar surface area (TPSA) is 51.8 Å². The van der Waals surface area contributed by atoms with Crippen molar-refractivity contribution in [3.8, 4) is 56.0 Å². The predicted molar refractivity (Wildman–Crippen MR) is 250 cm³/mol. The SMILES string of the molecule is C[Si](C)(C)c1ccc(-c2ccccc2)nc1.[Ir].c1ccc(-c2ccccn2)cc1.c1ccc(-c2ccnc(-c3ccc4oc5cc(-c6ccccc6)ccc5c4c3)c2)cc1. The third-order valence-corrected chi connectivity index (χ3v) is 12.2. The minimum atomic E-state index is -1.22. The van der Waals surface area contributed by atoms with Crippen molar-refractivity contribution >= 4 is 35.2 Å². The third kappa shape index (κ3) is 10.2. The number of rotatable bonds is 6. The molecular formula is C54H45IrN3OSi. The van der Waals surface area contributed by atoms with E-state index in [-0.39, 0.29) is 20.1 Å². The van der Waals surface area contributed by atoms with Gasteiger partial charge in [-0.1, -0.05) is 159 Å². The van der Waals surface area contributed by atoms with Crippen molar-refractivity contribution in [2.75, 3.05) is 0 Å². The number of furan rings is 1. The predicted octanol–water partition coefficient (Wildman–Crippen LogP) is 14.0. The Morgan fingerprint density at radius 1 is 0.350 bits per heavy atom. The molecule has 295 valence electrons. The van der Waals surface area contributed by atoms with Crippen LogP contribution in [0.1, 0.15) is 0 Å². The number of benzene rings is 6. The molecule has 0 aliphatic carbocycles. The molecule has 0 saturated heterocycles. The van der Waals surface area contributed by atoms with Crippen molar-refractivity contribution in [1.82, 2.24) is 15.0 Å². The molecule has 0 aliphatic heterocycles. The summed E-state index contributed by atoms with van der Waals surface area (Å²) < 4.78 is 6.18. The second-order valence-electron chi connectivity index (χ2n) is 15.3. The summed E-state index contributed by atoms with van der Waals surface area (Å²) >= 11 is 0. The molecular weight excluding hydrogens is 927 g/mol. The van der Waals surface area contributed by atoms with Gasteiger partial charge in [0.25, 0.3) is 0 Å². The molecule has 0 N–H and O–H groups in total. The summed E-state index contributed by atoms with van der Waals surface area (Å²) in [5, 5.41) is 3.64. The monoisotopic (exact) mass is 972 g/mol. The normalized spacial score (nSPS) is 10.8. The Kier molecular flexibility index (Phi) is 13.5. The van der Waals surface area contributed by atoms with Gasteiger partial charge in [-0.05, 0) is 88.1 Å². The van der Waals surface area contributed by atoms with Crippen LogP contribution in [0.2, 0.25) is 19.6 Å². The van der Waals surface area contributed by atoms with E-state index in [1.807, 2.05) is 91.4 Å². The zero-order chi connectivity index (χ0) is 40.4. The third-order valence-electron chi connectivity index (χ3n) is 10.2. The number of pyridine rings is 3. The molecule has 10 aromatic rings. The van der Waals surface area contributed by atoms with Gasteiger partial charge in [-0.3, -0.25) is 15.0 Å². The average molecular weight is 972 g/mol. The second kappa shape index (κ2) is 19.5. The molecule has 10 rings (SSSR count). The summed E-state index contributed by atoms with van der Waals surface area (Å²) in [6.45, 7) is 7.02. The second-order valence-corrected chi connectivity index (χ2v) is 20.4. The van der Waals surface area contributed by atoms with Crippen LogP contribution in [-0.2, 0) is 20.1 Å². The molecule has 0 atom stereocenters. The molecule has 0 saturated carbocycles. The van der Waals surface area contributed by atoms with Gasteiger partial charge < -0.3 is 4.42 Å². The first kappa shape index (κ1) is 41.6. The van der Waals surface area contributed by atoms with Crippen LogP contribution in [-0.4, -0.2) is 23.0 Å². The molecule has 6 aromatic carbocycles. The molecule has 0 spiro atoms. The standard InChI is InChI=1S/C29H19NO.C14H17NSi.C11H9N.Ir/c1-3-7-20(8-4-1)22-11-13-25-26-17-24(12-14-28(26)31-29(25)19-22)27-18-23(15-16-30-27)21-9-5-2-6-10-21;1-16(2,3)13-9-10-14(15-11-13)12-7-5-4-6-8-12;1-2-6-10(7-3-1)11-8-4-5-9-12-11;/h1-19H;4-11H,1-3H3;1-9H;. The molecule has 0 bridgehead atoms. The van der Waals surface area contributed by atoms with Crippen molar-refractivity contribution in [2.45, 2.75) is 19.6 Å². The number of fused-ring (bicyclic) bond motifs is 3. The fraction of sp³-hybridized carbons (Fsp3) is 0.0556. The van der Waals surface area contributed by atoms with Crippen LogP contribution in [0.5, 0.6) is 0 Å². The quantitative estimate of drug-likeness (QED) is 0.156. The van der Waals surface area contributed by atoms with Crippen molar-refractivity contribution in [3.63, 3.8) is 0 Å². The fourth-order valence-electron chi connectivity index (χ4n) is 6.90. The van der Waals surface area contributed by atoms with E-state index in [0.29, 0.717) is 0 Å². The van der Waals surface area contributed by atoms with Crippen LogP contribution in [0.25, 0.3) is 78.0 Å². The van der Waals surface area contributed by atoms with E-state index in [0.717, 1.165) is 61.3 Å². The number of aromatic nitrogens is 3. The van der Waals surface area contributed by atoms with E-state index in [1.54, 1.807) is 0 Å². The summed E-state index contributed by atoms with van der Waals surface area (Å²) in [5.74, 6) is 0. The summed E-state index contributed by atoms with van der Waals surface area (Å²) in [5.41, 5.74) is 13.0. The minimum absolute atomic E-state index is 0. The molecule has 0 aliphatic rings. The smallest absolute Gasteiger partial charge is 0.136 e. The molecule has 0 unspecified atom stereocenters. The van der Waals surface area contributed by atoms with Gasteiger partial charge in [-0.2, -0.15) is 0 Å². The van der Waals surface area contributed by atoms with E-state index in [4.69, 9.17) is 4.42 Å². The molecule has 1 radical (unpaired) electrons. The van der Waals surface area contributed by atoms with Crippen LogP contribution < -0.4 is 5.19 Å². The average Bonchev–Trinajstić information content (AvgIpc) is 3.68. The molecule has 4 nitrogen and oxygen atoms in total. The molecule has 4 heterocycles. The van der Waals surface area contributed by atoms with Crippen LogP contribution in [0, 0.1) is 0 Å². The van der Waals surface area contributed by atoms with E-state index >= 15 is 0 Å². The minimum Gasteiger partial charge on any atom is -0.456 e. The maximum atomic E-state index is 6.18. The maximum absolute atomic E-state index is 6.18. The van der Waals surface area contributed by atoms with E-state index in [9.17, 15) is 0 Å². The zero-order valence-corrected chi connectivity index (χ0v) is 37.3. The van der Waals surface area contributed by atoms with Gasteiger partial charge in [-0.15, -0.1) is 0 Å². The van der Waals surface area contributed by atoms with Crippen LogP contribution in [0.4, 0.5) is 0 Å². The van der Waals surface area contributed by atoms with Crippen molar-refractivity contribution in [2.24, 2.45) is 0 Å². The maximum Gasteiger partial charge on any atom is 0.136 e. The van der Waals surface area contributed by atoms with Crippen LogP contribution in [0.3, 0.4) is 0 Å². The molecule has 6 heteroatoms. The summed E-state index contributed by atoms with van der Waals surface area (Å²) in [6.07, 6.45) is 5.72. The van der Waals surface area contributed by atoms with E-state index in [2.05, 4.69) is 162 Å². The summed E-state index contributed by atoms with van der Waals surface area (Å²) in [7, 11) is -1.22. The van der Waals surface area contributed by atoms with Crippen molar-refractivity contribution in [3.05, 3.63) is 219 Å². The van der Waals surface area contributed by atoms with Gasteiger partial charge in [0, 0.05) is 66.2 Å². The Labute approximate surface area is 367 Å². The Morgan fingerprint density at radius 3 is 1.43 bits per heavy atom. The summed E-state index contributed by atoms with van der Waals surface area (Å²) in [6, 6.07) is 68.5. The first-order valence-corrected chi connectivity index (χ1v) is 23.4. The Hall–Kier alpha value is -6.56. The molecule has 0 amide bonds. The van der Waals surface area contributed by atoms with Gasteiger partial charge in [-0.25, -0.2) is 0 Å². The zero-order valence-electron chi connectivity index (χ0n) is 33.9. The Morgan fingerprint density at radius 2 is 0.883 bits per heavy atom. The number of hydrogen-bond acceptors (Lipinski definition) is 4. The van der Waals surface area contributed by atoms with E-state index in [1.165, 1.54) is 21.9 Å². The molecule has 60 heavy (non-hydrogen) atoms. The van der Waals surface area contributed by atoms with Gasteiger partial charge in [0.2, 0.25) is 0 Å². The fourth-order valence-corrected chi connectivity index (χ4v) is 7.94. The first-order chi connectivity index (χ1) is 28.9. The van der Waals surface area contributed by atoms with Crippen molar-refractivity contribution < 1.29 is 24.5 Å². The number of nitrogens with zero attached hydrogens (tertiary/aromatic N) is 3. The molecule has 4 aromatic heterocycles. The van der Waals surface area contributed by atoms with Crippen LogP contribution in [0.15, 0.2) is 223 Å². The van der Waals surface area contributed by atoms with Crippen molar-refractivity contribution in [1.29, 1.82) is 0 Å². The summed E-state index contributed by atoms with van der Waals surface area (Å²) in [4.78, 5) is 13.4. The van der Waals surface area contributed by atoms with E-state index < -0.39 is 8.07 Å². The van der Waals surface area contributed by atoms with Crippen LogP contribution >= 0.6 is 0 Å². The first-order valence-electron chi connectivity index (χ1n) is 19.9. The largest absolute Gasteiger partial charge is 0.456 e. The van der Waals surface area contributed by atoms with Gasteiger partial charge >= 0.3 is 0 Å². The van der Waals surface area contributed by atoms with Gasteiger partial charge in [0.05, 0.1) is 25.2 Å². The molecule has 0 fully saturated rings. The van der Waals surface area contributed by atoms with Gasteiger partial charge in [0.15, 0.2) is 0 Å². The number of hydrogen-bond donors (Lipinski definition) is 0. The Balaban J connectivity index is 0.000000157. The Bertz CT molecular complexity index is 2840.